The minimum Gasteiger partial charge on any atom is -0.481 e. The highest BCUT2D eigenvalue weighted by Crippen LogP contribution is 2.18. The maximum absolute atomic E-state index is 12.1. The molecule has 130 valence electrons. The van der Waals surface area contributed by atoms with Crippen molar-refractivity contribution in [1.29, 1.82) is 0 Å². The normalized spacial score (nSPS) is 14.3. The topological polar surface area (TPSA) is 95.5 Å². The second-order valence-electron chi connectivity index (χ2n) is 6.18. The van der Waals surface area contributed by atoms with Crippen molar-refractivity contribution in [3.63, 3.8) is 0 Å². The van der Waals surface area contributed by atoms with Gasteiger partial charge in [-0.3, -0.25) is 14.4 Å². The molecule has 2 rings (SSSR count). The quantitative estimate of drug-likeness (QED) is 0.638. The Kier molecular flexibility index (Phi) is 6.78. The van der Waals surface area contributed by atoms with Gasteiger partial charge in [0.05, 0.1) is 0 Å². The van der Waals surface area contributed by atoms with Crippen LogP contribution in [-0.2, 0) is 9.59 Å². The summed E-state index contributed by atoms with van der Waals surface area (Å²) in [4.78, 5) is 34.3. The zero-order valence-electron chi connectivity index (χ0n) is 13.7. The fourth-order valence-corrected chi connectivity index (χ4v) is 2.83. The molecule has 6 heteroatoms. The molecule has 3 N–H and O–H groups in total. The van der Waals surface area contributed by atoms with E-state index < -0.39 is 5.97 Å². The molecule has 1 aliphatic rings. The molecule has 1 fully saturated rings. The van der Waals surface area contributed by atoms with Crippen molar-refractivity contribution >= 4 is 23.5 Å². The zero-order valence-corrected chi connectivity index (χ0v) is 13.7. The Bertz CT molecular complexity index is 577. The molecule has 0 spiro atoms. The first-order valence-electron chi connectivity index (χ1n) is 8.47. The van der Waals surface area contributed by atoms with Crippen LogP contribution in [0.2, 0.25) is 0 Å². The number of carboxylic acid groups (broad SMARTS) is 1. The zero-order chi connectivity index (χ0) is 17.4. The van der Waals surface area contributed by atoms with Gasteiger partial charge in [-0.15, -0.1) is 0 Å². The third kappa shape index (κ3) is 6.02. The first kappa shape index (κ1) is 18.0. The monoisotopic (exact) mass is 332 g/mol. The summed E-state index contributed by atoms with van der Waals surface area (Å²) in [5.74, 6) is -1.07. The van der Waals surface area contributed by atoms with Crippen LogP contribution in [0.3, 0.4) is 0 Å². The number of carboxylic acids is 1. The van der Waals surface area contributed by atoms with E-state index in [9.17, 15) is 14.4 Å². The minimum absolute atomic E-state index is 0.0755. The van der Waals surface area contributed by atoms with Crippen molar-refractivity contribution in [2.24, 2.45) is 0 Å². The van der Waals surface area contributed by atoms with E-state index in [1.807, 2.05) is 0 Å². The summed E-state index contributed by atoms with van der Waals surface area (Å²) >= 11 is 0. The van der Waals surface area contributed by atoms with Crippen LogP contribution in [0, 0.1) is 0 Å². The van der Waals surface area contributed by atoms with E-state index >= 15 is 0 Å². The van der Waals surface area contributed by atoms with Gasteiger partial charge < -0.3 is 15.7 Å². The van der Waals surface area contributed by atoms with Gasteiger partial charge in [0.15, 0.2) is 0 Å². The Morgan fingerprint density at radius 2 is 1.62 bits per heavy atom. The first-order valence-corrected chi connectivity index (χ1v) is 8.47. The average molecular weight is 332 g/mol. The molecule has 0 unspecified atom stereocenters. The number of unbranched alkanes of at least 4 members (excludes halogenated alkanes) is 1. The van der Waals surface area contributed by atoms with E-state index in [2.05, 4.69) is 10.6 Å². The van der Waals surface area contributed by atoms with E-state index in [1.165, 1.54) is 12.8 Å². The van der Waals surface area contributed by atoms with Gasteiger partial charge in [0.25, 0.3) is 5.91 Å². The van der Waals surface area contributed by atoms with Crippen molar-refractivity contribution in [1.82, 2.24) is 5.32 Å². The van der Waals surface area contributed by atoms with E-state index in [0.29, 0.717) is 24.1 Å². The Morgan fingerprint density at radius 1 is 1.00 bits per heavy atom. The highest BCUT2D eigenvalue weighted by Gasteiger charge is 2.17. The number of amides is 2. The number of benzene rings is 1. The average Bonchev–Trinajstić information content (AvgIpc) is 3.05. The van der Waals surface area contributed by atoms with Crippen LogP contribution in [0.25, 0.3) is 0 Å². The molecular formula is C18H24N2O4. The lowest BCUT2D eigenvalue weighted by molar-refractivity contribution is -0.137. The molecule has 1 saturated carbocycles. The number of carbonyl (C=O) groups is 3. The molecule has 0 radical (unpaired) electrons. The largest absolute Gasteiger partial charge is 0.481 e. The summed E-state index contributed by atoms with van der Waals surface area (Å²) in [7, 11) is 0. The van der Waals surface area contributed by atoms with Crippen LogP contribution >= 0.6 is 0 Å². The molecule has 2 amide bonds. The number of anilines is 1. The fourth-order valence-electron chi connectivity index (χ4n) is 2.83. The predicted octanol–water partition coefficient (Wildman–Crippen LogP) is 2.94. The molecule has 0 atom stereocenters. The minimum atomic E-state index is -0.845. The standard InChI is InChI=1S/C18H24N2O4/c21-16(7-3-4-8-17(22)23)19-15-11-9-13(10-12-15)18(24)20-14-5-1-2-6-14/h9-12,14H,1-8H2,(H,19,21)(H,20,24)(H,22,23). The molecule has 0 aliphatic heterocycles. The Labute approximate surface area is 141 Å². The number of aliphatic carboxylic acids is 1. The lowest BCUT2D eigenvalue weighted by Crippen LogP contribution is -2.32. The maximum atomic E-state index is 12.1. The molecule has 0 heterocycles. The molecule has 1 aliphatic carbocycles. The molecular weight excluding hydrogens is 308 g/mol. The summed E-state index contributed by atoms with van der Waals surface area (Å²) in [5, 5.41) is 14.3. The predicted molar refractivity (Wildman–Crippen MR) is 90.9 cm³/mol. The van der Waals surface area contributed by atoms with Crippen LogP contribution in [0.15, 0.2) is 24.3 Å². The Hall–Kier alpha value is -2.37. The third-order valence-corrected chi connectivity index (χ3v) is 4.17. The Morgan fingerprint density at radius 3 is 2.25 bits per heavy atom. The summed E-state index contributed by atoms with van der Waals surface area (Å²) in [6.45, 7) is 0. The van der Waals surface area contributed by atoms with Gasteiger partial charge in [-0.25, -0.2) is 0 Å². The molecule has 1 aromatic carbocycles. The van der Waals surface area contributed by atoms with Crippen molar-refractivity contribution in [2.45, 2.75) is 57.4 Å². The van der Waals surface area contributed by atoms with Crippen LogP contribution in [0.4, 0.5) is 5.69 Å². The van der Waals surface area contributed by atoms with Crippen LogP contribution < -0.4 is 10.6 Å². The molecule has 0 bridgehead atoms. The number of hydrogen-bond donors (Lipinski definition) is 3. The summed E-state index contributed by atoms with van der Waals surface area (Å²) < 4.78 is 0. The molecule has 1 aromatic rings. The van der Waals surface area contributed by atoms with E-state index in [4.69, 9.17) is 5.11 Å². The first-order chi connectivity index (χ1) is 11.5. The lowest BCUT2D eigenvalue weighted by Gasteiger charge is -2.12. The van der Waals surface area contributed by atoms with Crippen molar-refractivity contribution in [3.05, 3.63) is 29.8 Å². The summed E-state index contributed by atoms with van der Waals surface area (Å²) in [5.41, 5.74) is 1.22. The number of carbonyl (C=O) groups excluding carboxylic acids is 2. The van der Waals surface area contributed by atoms with Gasteiger partial charge in [0.1, 0.15) is 0 Å². The smallest absolute Gasteiger partial charge is 0.303 e. The maximum Gasteiger partial charge on any atom is 0.303 e. The number of rotatable bonds is 8. The summed E-state index contributed by atoms with van der Waals surface area (Å²) in [6.07, 6.45) is 5.83. The van der Waals surface area contributed by atoms with Gasteiger partial charge >= 0.3 is 5.97 Å². The number of hydrogen-bond acceptors (Lipinski definition) is 3. The second-order valence-corrected chi connectivity index (χ2v) is 6.18. The van der Waals surface area contributed by atoms with Crippen molar-refractivity contribution in [2.75, 3.05) is 5.32 Å². The van der Waals surface area contributed by atoms with E-state index in [0.717, 1.165) is 12.8 Å². The Balaban J connectivity index is 1.75. The summed E-state index contributed by atoms with van der Waals surface area (Å²) in [6, 6.07) is 7.09. The second kappa shape index (κ2) is 9.05. The fraction of sp³-hybridized carbons (Fsp3) is 0.500. The molecule has 0 saturated heterocycles. The third-order valence-electron chi connectivity index (χ3n) is 4.17. The van der Waals surface area contributed by atoms with Crippen molar-refractivity contribution < 1.29 is 19.5 Å². The van der Waals surface area contributed by atoms with Crippen molar-refractivity contribution in [3.8, 4) is 0 Å². The number of nitrogens with one attached hydrogen (secondary N) is 2. The molecule has 6 nitrogen and oxygen atoms in total. The highest BCUT2D eigenvalue weighted by atomic mass is 16.4. The van der Waals surface area contributed by atoms with Crippen LogP contribution in [-0.4, -0.2) is 28.9 Å². The lowest BCUT2D eigenvalue weighted by atomic mass is 10.1. The van der Waals surface area contributed by atoms with Gasteiger partial charge in [0, 0.05) is 30.1 Å². The van der Waals surface area contributed by atoms with Gasteiger partial charge in [0.2, 0.25) is 5.91 Å². The van der Waals surface area contributed by atoms with Gasteiger partial charge in [-0.2, -0.15) is 0 Å². The van der Waals surface area contributed by atoms with E-state index in [-0.39, 0.29) is 30.7 Å². The van der Waals surface area contributed by atoms with Crippen LogP contribution in [0.5, 0.6) is 0 Å². The van der Waals surface area contributed by atoms with Gasteiger partial charge in [-0.1, -0.05) is 12.8 Å². The highest BCUT2D eigenvalue weighted by molar-refractivity contribution is 5.96. The van der Waals surface area contributed by atoms with Crippen LogP contribution in [0.1, 0.15) is 61.7 Å². The van der Waals surface area contributed by atoms with Gasteiger partial charge in [-0.05, 0) is 49.9 Å². The van der Waals surface area contributed by atoms with E-state index in [1.54, 1.807) is 24.3 Å². The molecule has 24 heavy (non-hydrogen) atoms. The molecule has 0 aromatic heterocycles. The SMILES string of the molecule is O=C(O)CCCCC(=O)Nc1ccc(C(=O)NC2CCCC2)cc1.